The highest BCUT2D eigenvalue weighted by Crippen LogP contribution is 2.34. The van der Waals surface area contributed by atoms with Gasteiger partial charge in [0.05, 0.1) is 17.7 Å². The van der Waals surface area contributed by atoms with E-state index in [0.29, 0.717) is 5.75 Å². The van der Waals surface area contributed by atoms with Crippen LogP contribution in [0.15, 0.2) is 18.2 Å². The van der Waals surface area contributed by atoms with Gasteiger partial charge < -0.3 is 9.64 Å². The number of benzene rings is 1. The highest BCUT2D eigenvalue weighted by molar-refractivity contribution is 5.97. The molecule has 4 nitrogen and oxygen atoms in total. The first-order chi connectivity index (χ1) is 8.17. The fourth-order valence-electron chi connectivity index (χ4n) is 1.91. The van der Waals surface area contributed by atoms with Crippen molar-refractivity contribution >= 4 is 11.6 Å². The summed E-state index contributed by atoms with van der Waals surface area (Å²) in [5.74, 6) is 0.494. The number of nitrogens with zero attached hydrogens (tertiary/aromatic N) is 2. The molecule has 0 fully saturated rings. The second-order valence-corrected chi connectivity index (χ2v) is 4.06. The molecule has 1 unspecified atom stereocenters. The lowest BCUT2D eigenvalue weighted by Crippen LogP contribution is -2.35. The maximum Gasteiger partial charge on any atom is 0.264 e. The Bertz CT molecular complexity index is 491. The highest BCUT2D eigenvalue weighted by Gasteiger charge is 2.23. The van der Waals surface area contributed by atoms with Crippen LogP contribution < -0.4 is 9.64 Å². The van der Waals surface area contributed by atoms with Crippen molar-refractivity contribution in [2.24, 2.45) is 0 Å². The van der Waals surface area contributed by atoms with Crippen molar-refractivity contribution in [2.45, 2.75) is 19.3 Å². The van der Waals surface area contributed by atoms with Gasteiger partial charge in [0.25, 0.3) is 5.91 Å². The largest absolute Gasteiger partial charge is 0.482 e. The number of ether oxygens (including phenoxy) is 1. The van der Waals surface area contributed by atoms with Crippen LogP contribution in [-0.2, 0) is 4.79 Å². The van der Waals surface area contributed by atoms with Crippen molar-refractivity contribution in [1.29, 1.82) is 5.26 Å². The monoisotopic (exact) mass is 230 g/mol. The van der Waals surface area contributed by atoms with Crippen LogP contribution in [0.2, 0.25) is 0 Å². The van der Waals surface area contributed by atoms with Crippen LogP contribution in [0.25, 0.3) is 0 Å². The number of anilines is 1. The standard InChI is InChI=1S/C13H14N2O2/c1-3-9(7-14)10-4-5-12-11(6-10)15(2)13(16)8-17-12/h4-6,9H,3,8H2,1-2H3. The second kappa shape index (κ2) is 4.46. The van der Waals surface area contributed by atoms with Crippen LogP contribution in [-0.4, -0.2) is 19.6 Å². The average Bonchev–Trinajstić information content (AvgIpc) is 2.36. The third-order valence-corrected chi connectivity index (χ3v) is 3.04. The van der Waals surface area contributed by atoms with E-state index < -0.39 is 0 Å². The highest BCUT2D eigenvalue weighted by atomic mass is 16.5. The molecular formula is C13H14N2O2. The maximum absolute atomic E-state index is 11.5. The van der Waals surface area contributed by atoms with Crippen LogP contribution in [0, 0.1) is 11.3 Å². The third-order valence-electron chi connectivity index (χ3n) is 3.04. The zero-order chi connectivity index (χ0) is 12.4. The van der Waals surface area contributed by atoms with Gasteiger partial charge in [0.2, 0.25) is 0 Å². The van der Waals surface area contributed by atoms with E-state index >= 15 is 0 Å². The summed E-state index contributed by atoms with van der Waals surface area (Å²) >= 11 is 0. The summed E-state index contributed by atoms with van der Waals surface area (Å²) in [4.78, 5) is 13.1. The smallest absolute Gasteiger partial charge is 0.264 e. The molecule has 0 aromatic heterocycles. The molecule has 1 aliphatic heterocycles. The minimum atomic E-state index is -0.134. The van der Waals surface area contributed by atoms with Gasteiger partial charge >= 0.3 is 0 Å². The normalized spacial score (nSPS) is 15.8. The Balaban J connectivity index is 2.42. The molecule has 0 saturated carbocycles. The lowest BCUT2D eigenvalue weighted by Gasteiger charge is -2.26. The van der Waals surface area contributed by atoms with Crippen molar-refractivity contribution in [3.63, 3.8) is 0 Å². The van der Waals surface area contributed by atoms with E-state index in [9.17, 15) is 4.79 Å². The summed E-state index contributed by atoms with van der Waals surface area (Å²) in [6.45, 7) is 2.05. The van der Waals surface area contributed by atoms with Crippen molar-refractivity contribution < 1.29 is 9.53 Å². The van der Waals surface area contributed by atoms with E-state index in [1.807, 2.05) is 25.1 Å². The number of rotatable bonds is 2. The number of amides is 1. The van der Waals surface area contributed by atoms with Crippen LogP contribution in [0.3, 0.4) is 0 Å². The Morgan fingerprint density at radius 1 is 1.59 bits per heavy atom. The van der Waals surface area contributed by atoms with E-state index in [1.54, 1.807) is 11.9 Å². The fourth-order valence-corrected chi connectivity index (χ4v) is 1.91. The number of likely N-dealkylation sites (N-methyl/N-ethyl adjacent to an activating group) is 1. The maximum atomic E-state index is 11.5. The lowest BCUT2D eigenvalue weighted by atomic mass is 9.97. The first kappa shape index (κ1) is 11.5. The SMILES string of the molecule is CCC(C#N)c1ccc2c(c1)N(C)C(=O)CO2. The number of carbonyl (C=O) groups is 1. The summed E-state index contributed by atoms with van der Waals surface area (Å²) < 4.78 is 5.33. The topological polar surface area (TPSA) is 53.3 Å². The summed E-state index contributed by atoms with van der Waals surface area (Å²) in [5.41, 5.74) is 1.67. The summed E-state index contributed by atoms with van der Waals surface area (Å²) in [7, 11) is 1.72. The Morgan fingerprint density at radius 2 is 2.35 bits per heavy atom. The van der Waals surface area contributed by atoms with Crippen LogP contribution in [0.1, 0.15) is 24.8 Å². The Hall–Kier alpha value is -2.02. The third kappa shape index (κ3) is 1.96. The van der Waals surface area contributed by atoms with Crippen LogP contribution >= 0.6 is 0 Å². The molecule has 0 aliphatic carbocycles. The molecule has 2 rings (SSSR count). The van der Waals surface area contributed by atoms with Gasteiger partial charge in [-0.2, -0.15) is 5.26 Å². The summed E-state index contributed by atoms with van der Waals surface area (Å²) in [6, 6.07) is 7.84. The zero-order valence-electron chi connectivity index (χ0n) is 9.93. The first-order valence-corrected chi connectivity index (χ1v) is 5.60. The molecule has 0 radical (unpaired) electrons. The van der Waals surface area contributed by atoms with Crippen LogP contribution in [0.4, 0.5) is 5.69 Å². The molecule has 1 aromatic rings. The van der Waals surface area contributed by atoms with E-state index in [2.05, 4.69) is 6.07 Å². The van der Waals surface area contributed by atoms with Crippen molar-refractivity contribution in [3.8, 4) is 11.8 Å². The Labute approximate surface area is 100 Å². The van der Waals surface area contributed by atoms with E-state index in [4.69, 9.17) is 10.00 Å². The minimum Gasteiger partial charge on any atom is -0.482 e. The first-order valence-electron chi connectivity index (χ1n) is 5.60. The molecule has 4 heteroatoms. The second-order valence-electron chi connectivity index (χ2n) is 4.06. The van der Waals surface area contributed by atoms with Gasteiger partial charge in [-0.05, 0) is 24.1 Å². The lowest BCUT2D eigenvalue weighted by molar-refractivity contribution is -0.120. The Morgan fingerprint density at radius 3 is 3.00 bits per heavy atom. The quantitative estimate of drug-likeness (QED) is 0.781. The summed E-state index contributed by atoms with van der Waals surface area (Å²) in [6.07, 6.45) is 0.758. The molecule has 17 heavy (non-hydrogen) atoms. The van der Waals surface area contributed by atoms with E-state index in [0.717, 1.165) is 17.7 Å². The van der Waals surface area contributed by atoms with Gasteiger partial charge in [-0.1, -0.05) is 13.0 Å². The van der Waals surface area contributed by atoms with Gasteiger partial charge in [-0.15, -0.1) is 0 Å². The van der Waals surface area contributed by atoms with Gasteiger partial charge in [-0.25, -0.2) is 0 Å². The van der Waals surface area contributed by atoms with E-state index in [-0.39, 0.29) is 18.4 Å². The number of carbonyl (C=O) groups excluding carboxylic acids is 1. The van der Waals surface area contributed by atoms with Crippen molar-refractivity contribution in [3.05, 3.63) is 23.8 Å². The minimum absolute atomic E-state index is 0.0698. The van der Waals surface area contributed by atoms with Gasteiger partial charge in [0, 0.05) is 7.05 Å². The van der Waals surface area contributed by atoms with Crippen molar-refractivity contribution in [2.75, 3.05) is 18.6 Å². The number of fused-ring (bicyclic) bond motifs is 1. The molecule has 1 aromatic carbocycles. The Kier molecular flexibility index (Phi) is 3.01. The van der Waals surface area contributed by atoms with Gasteiger partial charge in [0.1, 0.15) is 5.75 Å². The molecule has 1 amide bonds. The summed E-state index contributed by atoms with van der Waals surface area (Å²) in [5, 5.41) is 9.04. The molecule has 88 valence electrons. The molecule has 1 atom stereocenters. The molecule has 0 saturated heterocycles. The molecule has 0 bridgehead atoms. The number of hydrogen-bond acceptors (Lipinski definition) is 3. The van der Waals surface area contributed by atoms with Crippen molar-refractivity contribution in [1.82, 2.24) is 0 Å². The molecule has 0 spiro atoms. The molecule has 0 N–H and O–H groups in total. The fraction of sp³-hybridized carbons (Fsp3) is 0.385. The predicted octanol–water partition coefficient (Wildman–Crippen LogP) is 2.06. The van der Waals surface area contributed by atoms with E-state index in [1.165, 1.54) is 0 Å². The predicted molar refractivity (Wildman–Crippen MR) is 64.0 cm³/mol. The van der Waals surface area contributed by atoms with Gasteiger partial charge in [-0.3, -0.25) is 4.79 Å². The zero-order valence-corrected chi connectivity index (χ0v) is 9.93. The van der Waals surface area contributed by atoms with Gasteiger partial charge in [0.15, 0.2) is 6.61 Å². The molecule has 1 aliphatic rings. The number of hydrogen-bond donors (Lipinski definition) is 0. The molecule has 1 heterocycles. The molecular weight excluding hydrogens is 216 g/mol. The van der Waals surface area contributed by atoms with Crippen LogP contribution in [0.5, 0.6) is 5.75 Å². The average molecular weight is 230 g/mol. The number of nitriles is 1.